The minimum Gasteiger partial charge on any atom is -0.376 e. The molecule has 0 aliphatic carbocycles. The molecule has 3 N–H and O–H groups in total. The number of hydrogen-bond donors (Lipinski definition) is 2. The summed E-state index contributed by atoms with van der Waals surface area (Å²) in [5.74, 6) is 0. The zero-order valence-electron chi connectivity index (χ0n) is 8.84. The minimum absolute atomic E-state index is 0.261. The first-order valence-corrected chi connectivity index (χ1v) is 5.24. The maximum absolute atomic E-state index is 5.44. The van der Waals surface area contributed by atoms with Crippen molar-refractivity contribution in [2.24, 2.45) is 5.73 Å². The van der Waals surface area contributed by atoms with Crippen LogP contribution in [0.25, 0.3) is 5.69 Å². The fourth-order valence-electron chi connectivity index (χ4n) is 1.53. The third-order valence-electron chi connectivity index (χ3n) is 2.10. The lowest BCUT2D eigenvalue weighted by molar-refractivity contribution is 0.879. The highest BCUT2D eigenvalue weighted by molar-refractivity contribution is 7.80. The molecule has 2 rings (SSSR count). The first kappa shape index (κ1) is 10.6. The van der Waals surface area contributed by atoms with Gasteiger partial charge in [-0.25, -0.2) is 4.68 Å². The number of anilines is 1. The lowest BCUT2D eigenvalue weighted by atomic mass is 10.2. The monoisotopic (exact) mass is 232 g/mol. The summed E-state index contributed by atoms with van der Waals surface area (Å²) in [5, 5.41) is 7.35. The third kappa shape index (κ3) is 2.38. The number of thiocarbonyl (C=S) groups is 1. The molecule has 0 aliphatic heterocycles. The van der Waals surface area contributed by atoms with Gasteiger partial charge in [0.15, 0.2) is 5.11 Å². The van der Waals surface area contributed by atoms with E-state index in [1.54, 1.807) is 10.9 Å². The van der Waals surface area contributed by atoms with E-state index in [9.17, 15) is 0 Å². The van der Waals surface area contributed by atoms with E-state index >= 15 is 0 Å². The maximum atomic E-state index is 5.44. The Morgan fingerprint density at radius 1 is 1.44 bits per heavy atom. The molecular weight excluding hydrogens is 220 g/mol. The molecule has 0 amide bonds. The van der Waals surface area contributed by atoms with E-state index in [1.807, 2.05) is 37.4 Å². The summed E-state index contributed by atoms with van der Waals surface area (Å²) < 4.78 is 1.79. The van der Waals surface area contributed by atoms with Crippen LogP contribution in [-0.4, -0.2) is 14.9 Å². The van der Waals surface area contributed by atoms with Crippen molar-refractivity contribution in [1.29, 1.82) is 0 Å². The molecule has 0 saturated carbocycles. The fraction of sp³-hybridized carbons (Fsp3) is 0.0909. The van der Waals surface area contributed by atoms with Gasteiger partial charge in [0.1, 0.15) is 0 Å². The predicted molar refractivity (Wildman–Crippen MR) is 68.7 cm³/mol. The van der Waals surface area contributed by atoms with Crippen molar-refractivity contribution in [3.8, 4) is 5.69 Å². The minimum atomic E-state index is 0.261. The molecule has 0 radical (unpaired) electrons. The first-order valence-electron chi connectivity index (χ1n) is 4.83. The van der Waals surface area contributed by atoms with Gasteiger partial charge in [0.05, 0.1) is 5.69 Å². The smallest absolute Gasteiger partial charge is 0.168 e. The van der Waals surface area contributed by atoms with Crippen LogP contribution in [0.1, 0.15) is 5.56 Å². The third-order valence-corrected chi connectivity index (χ3v) is 2.20. The lowest BCUT2D eigenvalue weighted by Crippen LogP contribution is -2.19. The van der Waals surface area contributed by atoms with Gasteiger partial charge in [-0.3, -0.25) is 0 Å². The number of hydrogen-bond acceptors (Lipinski definition) is 2. The molecule has 82 valence electrons. The molecule has 0 saturated heterocycles. The number of aromatic nitrogens is 2. The Hall–Kier alpha value is -1.88. The van der Waals surface area contributed by atoms with E-state index in [4.69, 9.17) is 18.0 Å². The highest BCUT2D eigenvalue weighted by Crippen LogP contribution is 2.17. The average molecular weight is 232 g/mol. The van der Waals surface area contributed by atoms with E-state index in [0.717, 1.165) is 16.9 Å². The quantitative estimate of drug-likeness (QED) is 0.776. The van der Waals surface area contributed by atoms with E-state index < -0.39 is 0 Å². The SMILES string of the molecule is Cc1cc(NC(N)=S)cc(-n2cccn2)c1. The molecule has 0 aliphatic rings. The zero-order valence-corrected chi connectivity index (χ0v) is 9.66. The van der Waals surface area contributed by atoms with Gasteiger partial charge in [0, 0.05) is 18.1 Å². The van der Waals surface area contributed by atoms with Crippen molar-refractivity contribution in [2.45, 2.75) is 6.92 Å². The Labute approximate surface area is 99.1 Å². The lowest BCUT2D eigenvalue weighted by Gasteiger charge is -2.08. The summed E-state index contributed by atoms with van der Waals surface area (Å²) in [6, 6.07) is 7.84. The molecule has 0 unspecified atom stereocenters. The van der Waals surface area contributed by atoms with Crippen LogP contribution in [0, 0.1) is 6.92 Å². The van der Waals surface area contributed by atoms with Crippen LogP contribution in [0.5, 0.6) is 0 Å². The Kier molecular flexibility index (Phi) is 2.87. The number of nitrogens with one attached hydrogen (secondary N) is 1. The van der Waals surface area contributed by atoms with Gasteiger partial charge in [-0.1, -0.05) is 0 Å². The van der Waals surface area contributed by atoms with Crippen molar-refractivity contribution in [1.82, 2.24) is 9.78 Å². The molecule has 0 bridgehead atoms. The van der Waals surface area contributed by atoms with Crippen LogP contribution < -0.4 is 11.1 Å². The summed E-state index contributed by atoms with van der Waals surface area (Å²) in [6.45, 7) is 2.01. The molecule has 1 aromatic carbocycles. The molecule has 0 spiro atoms. The molecule has 5 heteroatoms. The van der Waals surface area contributed by atoms with E-state index in [1.165, 1.54) is 0 Å². The summed E-state index contributed by atoms with van der Waals surface area (Å²) >= 11 is 4.81. The highest BCUT2D eigenvalue weighted by Gasteiger charge is 2.01. The first-order chi connectivity index (χ1) is 7.65. The average Bonchev–Trinajstić information content (AvgIpc) is 2.67. The van der Waals surface area contributed by atoms with Crippen molar-refractivity contribution in [3.05, 3.63) is 42.2 Å². The van der Waals surface area contributed by atoms with E-state index in [2.05, 4.69) is 10.4 Å². The van der Waals surface area contributed by atoms with Crippen LogP contribution in [0.3, 0.4) is 0 Å². The molecular formula is C11H12N4S. The number of nitrogens with zero attached hydrogens (tertiary/aromatic N) is 2. The Bertz CT molecular complexity index is 505. The van der Waals surface area contributed by atoms with Gasteiger partial charge in [-0.15, -0.1) is 0 Å². The maximum Gasteiger partial charge on any atom is 0.168 e. The fourth-order valence-corrected chi connectivity index (χ4v) is 1.65. The Balaban J connectivity index is 2.40. The second-order valence-corrected chi connectivity index (χ2v) is 3.94. The topological polar surface area (TPSA) is 55.9 Å². The van der Waals surface area contributed by atoms with E-state index in [0.29, 0.717) is 0 Å². The van der Waals surface area contributed by atoms with Gasteiger partial charge in [-0.05, 0) is 49.0 Å². The number of rotatable bonds is 2. The van der Waals surface area contributed by atoms with Crippen LogP contribution >= 0.6 is 12.2 Å². The van der Waals surface area contributed by atoms with Crippen LogP contribution in [0.4, 0.5) is 5.69 Å². The normalized spacial score (nSPS) is 10.1. The van der Waals surface area contributed by atoms with Crippen molar-refractivity contribution < 1.29 is 0 Å². The highest BCUT2D eigenvalue weighted by atomic mass is 32.1. The molecule has 4 nitrogen and oxygen atoms in total. The molecule has 0 fully saturated rings. The molecule has 1 heterocycles. The van der Waals surface area contributed by atoms with Crippen molar-refractivity contribution >= 4 is 23.0 Å². The van der Waals surface area contributed by atoms with E-state index in [-0.39, 0.29) is 5.11 Å². The van der Waals surface area contributed by atoms with Crippen LogP contribution in [-0.2, 0) is 0 Å². The summed E-state index contributed by atoms with van der Waals surface area (Å²) in [7, 11) is 0. The van der Waals surface area contributed by atoms with Gasteiger partial charge < -0.3 is 11.1 Å². The standard InChI is InChI=1S/C11H12N4S/c1-8-5-9(14-11(12)16)7-10(6-8)15-4-2-3-13-15/h2-7H,1H3,(H3,12,14,16). The Morgan fingerprint density at radius 2 is 2.25 bits per heavy atom. The van der Waals surface area contributed by atoms with Crippen molar-refractivity contribution in [3.63, 3.8) is 0 Å². The second-order valence-electron chi connectivity index (χ2n) is 3.50. The van der Waals surface area contributed by atoms with Gasteiger partial charge >= 0.3 is 0 Å². The summed E-state index contributed by atoms with van der Waals surface area (Å²) in [6.07, 6.45) is 3.63. The molecule has 1 aromatic heterocycles. The van der Waals surface area contributed by atoms with Crippen LogP contribution in [0.2, 0.25) is 0 Å². The van der Waals surface area contributed by atoms with Crippen molar-refractivity contribution in [2.75, 3.05) is 5.32 Å². The summed E-state index contributed by atoms with van der Waals surface area (Å²) in [4.78, 5) is 0. The second kappa shape index (κ2) is 4.32. The number of benzene rings is 1. The Morgan fingerprint density at radius 3 is 2.88 bits per heavy atom. The molecule has 0 atom stereocenters. The number of nitrogens with two attached hydrogens (primary N) is 1. The zero-order chi connectivity index (χ0) is 11.5. The molecule has 2 aromatic rings. The largest absolute Gasteiger partial charge is 0.376 e. The van der Waals surface area contributed by atoms with Gasteiger partial charge in [0.2, 0.25) is 0 Å². The van der Waals surface area contributed by atoms with Crippen LogP contribution in [0.15, 0.2) is 36.7 Å². The molecule has 16 heavy (non-hydrogen) atoms. The van der Waals surface area contributed by atoms with Gasteiger partial charge in [-0.2, -0.15) is 5.10 Å². The summed E-state index contributed by atoms with van der Waals surface area (Å²) in [5.41, 5.74) is 8.41. The van der Waals surface area contributed by atoms with Gasteiger partial charge in [0.25, 0.3) is 0 Å². The number of aryl methyl sites for hydroxylation is 1. The predicted octanol–water partition coefficient (Wildman–Crippen LogP) is 1.84.